The summed E-state index contributed by atoms with van der Waals surface area (Å²) in [6, 6.07) is 13.1. The van der Waals surface area contributed by atoms with Crippen LogP contribution in [0.3, 0.4) is 0 Å². The summed E-state index contributed by atoms with van der Waals surface area (Å²) in [6.07, 6.45) is 0. The number of carbonyl (C=O) groups is 1. The average Bonchev–Trinajstić information content (AvgIpc) is 3.03. The topological polar surface area (TPSA) is 65.4 Å². The number of anilines is 1. The van der Waals surface area contributed by atoms with Crippen LogP contribution >= 0.6 is 15.9 Å². The van der Waals surface area contributed by atoms with Crippen LogP contribution < -0.4 is 14.8 Å². The summed E-state index contributed by atoms with van der Waals surface area (Å²) in [7, 11) is 1.54. The molecule has 1 aromatic heterocycles. The maximum atomic E-state index is 12.9. The largest absolute Gasteiger partial charge is 0.493 e. The van der Waals surface area contributed by atoms with E-state index in [0.717, 1.165) is 16.9 Å². The van der Waals surface area contributed by atoms with Gasteiger partial charge >= 0.3 is 0 Å². The first-order chi connectivity index (χ1) is 13.4. The van der Waals surface area contributed by atoms with Crippen LogP contribution in [0, 0.1) is 13.8 Å². The second-order valence-corrected chi connectivity index (χ2v) is 7.15. The van der Waals surface area contributed by atoms with Gasteiger partial charge in [-0.15, -0.1) is 0 Å². The van der Waals surface area contributed by atoms with Gasteiger partial charge in [-0.05, 0) is 61.0 Å². The molecule has 3 aromatic rings. The van der Waals surface area contributed by atoms with Crippen molar-refractivity contribution < 1.29 is 14.3 Å². The maximum Gasteiger partial charge on any atom is 0.256 e. The minimum Gasteiger partial charge on any atom is -0.493 e. The van der Waals surface area contributed by atoms with Gasteiger partial charge in [0.1, 0.15) is 5.82 Å². The van der Waals surface area contributed by atoms with Crippen molar-refractivity contribution >= 4 is 27.7 Å². The van der Waals surface area contributed by atoms with E-state index in [1.807, 2.05) is 51.1 Å². The first-order valence-electron chi connectivity index (χ1n) is 8.88. The van der Waals surface area contributed by atoms with Gasteiger partial charge in [0.05, 0.1) is 29.6 Å². The molecule has 0 radical (unpaired) electrons. The lowest BCUT2D eigenvalue weighted by molar-refractivity contribution is 0.102. The number of ether oxygens (including phenoxy) is 2. The van der Waals surface area contributed by atoms with Crippen LogP contribution in [0.4, 0.5) is 5.82 Å². The first-order valence-corrected chi connectivity index (χ1v) is 9.67. The lowest BCUT2D eigenvalue weighted by atomic mass is 10.2. The molecule has 1 heterocycles. The summed E-state index contributed by atoms with van der Waals surface area (Å²) in [5.41, 5.74) is 3.28. The molecule has 6 nitrogen and oxygen atoms in total. The summed E-state index contributed by atoms with van der Waals surface area (Å²) >= 11 is 3.45. The third-order valence-electron chi connectivity index (χ3n) is 4.13. The Labute approximate surface area is 172 Å². The van der Waals surface area contributed by atoms with E-state index in [2.05, 4.69) is 26.3 Å². The molecule has 3 rings (SSSR count). The average molecular weight is 444 g/mol. The van der Waals surface area contributed by atoms with Crippen LogP contribution in [0.5, 0.6) is 11.5 Å². The molecule has 0 spiro atoms. The number of aromatic nitrogens is 2. The van der Waals surface area contributed by atoms with Gasteiger partial charge in [0.15, 0.2) is 11.5 Å². The van der Waals surface area contributed by atoms with E-state index in [1.54, 1.807) is 23.9 Å². The van der Waals surface area contributed by atoms with E-state index in [9.17, 15) is 4.79 Å². The lowest BCUT2D eigenvalue weighted by Crippen LogP contribution is -2.15. The Morgan fingerprint density at radius 3 is 2.54 bits per heavy atom. The molecule has 1 N–H and O–H groups in total. The highest BCUT2D eigenvalue weighted by Crippen LogP contribution is 2.36. The van der Waals surface area contributed by atoms with E-state index in [1.165, 1.54) is 0 Å². The summed E-state index contributed by atoms with van der Waals surface area (Å²) in [4.78, 5) is 12.9. The second-order valence-electron chi connectivity index (χ2n) is 6.29. The molecule has 0 bridgehead atoms. The van der Waals surface area contributed by atoms with Crippen molar-refractivity contribution in [2.75, 3.05) is 19.0 Å². The number of halogens is 1. The van der Waals surface area contributed by atoms with Crippen molar-refractivity contribution in [2.24, 2.45) is 0 Å². The molecule has 0 saturated carbocycles. The predicted molar refractivity (Wildman–Crippen MR) is 113 cm³/mol. The lowest BCUT2D eigenvalue weighted by Gasteiger charge is -2.14. The highest BCUT2D eigenvalue weighted by molar-refractivity contribution is 9.10. The third-order valence-corrected chi connectivity index (χ3v) is 4.72. The quantitative estimate of drug-likeness (QED) is 0.587. The summed E-state index contributed by atoms with van der Waals surface area (Å²) in [6.45, 7) is 6.30. The smallest absolute Gasteiger partial charge is 0.256 e. The van der Waals surface area contributed by atoms with Gasteiger partial charge in [-0.1, -0.05) is 17.7 Å². The molecule has 0 saturated heterocycles. The number of nitrogens with one attached hydrogen (secondary N) is 1. The zero-order valence-corrected chi connectivity index (χ0v) is 17.8. The Bertz CT molecular complexity index is 997. The minimum atomic E-state index is -0.268. The fourth-order valence-corrected chi connectivity index (χ4v) is 3.35. The Morgan fingerprint density at radius 1 is 1.18 bits per heavy atom. The third kappa shape index (κ3) is 4.20. The van der Waals surface area contributed by atoms with E-state index in [0.29, 0.717) is 34.0 Å². The maximum absolute atomic E-state index is 12.9. The Balaban J connectivity index is 1.92. The molecule has 0 aliphatic heterocycles. The molecule has 28 heavy (non-hydrogen) atoms. The van der Waals surface area contributed by atoms with E-state index in [-0.39, 0.29) is 5.91 Å². The molecule has 7 heteroatoms. The van der Waals surface area contributed by atoms with E-state index >= 15 is 0 Å². The van der Waals surface area contributed by atoms with Gasteiger partial charge < -0.3 is 14.8 Å². The first kappa shape index (κ1) is 19.9. The van der Waals surface area contributed by atoms with Crippen molar-refractivity contribution in [1.29, 1.82) is 0 Å². The molecule has 2 aromatic carbocycles. The standard InChI is InChI=1S/C21H22BrN3O3/c1-5-28-20-17(22)11-15(12-18(20)27-4)21(26)23-19-10-14(3)24-25(19)16-8-6-13(2)7-9-16/h6-12H,5H2,1-4H3,(H,23,26). The van der Waals surface area contributed by atoms with Gasteiger partial charge in [-0.3, -0.25) is 4.79 Å². The molecule has 0 unspecified atom stereocenters. The van der Waals surface area contributed by atoms with Crippen LogP contribution in [-0.4, -0.2) is 29.4 Å². The summed E-state index contributed by atoms with van der Waals surface area (Å²) in [5, 5.41) is 7.43. The molecule has 0 atom stereocenters. The van der Waals surface area contributed by atoms with Crippen molar-refractivity contribution in [2.45, 2.75) is 20.8 Å². The number of amides is 1. The van der Waals surface area contributed by atoms with Gasteiger partial charge in [-0.25, -0.2) is 4.68 Å². The van der Waals surface area contributed by atoms with Crippen LogP contribution in [0.1, 0.15) is 28.5 Å². The number of methoxy groups -OCH3 is 1. The Kier molecular flexibility index (Phi) is 6.04. The summed E-state index contributed by atoms with van der Waals surface area (Å²) in [5.74, 6) is 1.39. The molecular formula is C21H22BrN3O3. The van der Waals surface area contributed by atoms with Gasteiger partial charge in [0.25, 0.3) is 5.91 Å². The summed E-state index contributed by atoms with van der Waals surface area (Å²) < 4.78 is 13.3. The second kappa shape index (κ2) is 8.48. The molecule has 0 aliphatic rings. The number of carbonyl (C=O) groups excluding carboxylic acids is 1. The molecule has 0 aliphatic carbocycles. The molecule has 0 fully saturated rings. The molecular weight excluding hydrogens is 422 g/mol. The zero-order valence-electron chi connectivity index (χ0n) is 16.2. The van der Waals surface area contributed by atoms with Crippen molar-refractivity contribution in [3.05, 3.63) is 63.8 Å². The zero-order chi connectivity index (χ0) is 20.3. The number of rotatable bonds is 6. The molecule has 1 amide bonds. The number of hydrogen-bond acceptors (Lipinski definition) is 4. The van der Waals surface area contributed by atoms with Crippen LogP contribution in [0.25, 0.3) is 5.69 Å². The SMILES string of the molecule is CCOc1c(Br)cc(C(=O)Nc2cc(C)nn2-c2ccc(C)cc2)cc1OC. The van der Waals surface area contributed by atoms with Crippen molar-refractivity contribution in [1.82, 2.24) is 9.78 Å². The minimum absolute atomic E-state index is 0.268. The van der Waals surface area contributed by atoms with Crippen molar-refractivity contribution in [3.8, 4) is 17.2 Å². The number of nitrogens with zero attached hydrogens (tertiary/aromatic N) is 2. The Hall–Kier alpha value is -2.80. The van der Waals surface area contributed by atoms with Crippen LogP contribution in [0.15, 0.2) is 46.9 Å². The highest BCUT2D eigenvalue weighted by atomic mass is 79.9. The van der Waals surface area contributed by atoms with Crippen LogP contribution in [-0.2, 0) is 0 Å². The van der Waals surface area contributed by atoms with Gasteiger partial charge in [0.2, 0.25) is 0 Å². The van der Waals surface area contributed by atoms with E-state index < -0.39 is 0 Å². The monoisotopic (exact) mass is 443 g/mol. The fourth-order valence-electron chi connectivity index (χ4n) is 2.80. The molecule has 146 valence electrons. The number of benzene rings is 2. The van der Waals surface area contributed by atoms with E-state index in [4.69, 9.17) is 9.47 Å². The van der Waals surface area contributed by atoms with Crippen LogP contribution in [0.2, 0.25) is 0 Å². The predicted octanol–water partition coefficient (Wildman–Crippen LogP) is 4.91. The van der Waals surface area contributed by atoms with Crippen molar-refractivity contribution in [3.63, 3.8) is 0 Å². The van der Waals surface area contributed by atoms with Gasteiger partial charge in [0, 0.05) is 11.6 Å². The number of hydrogen-bond donors (Lipinski definition) is 1. The number of aryl methyl sites for hydroxylation is 2. The Morgan fingerprint density at radius 2 is 1.89 bits per heavy atom. The normalized spacial score (nSPS) is 10.6. The highest BCUT2D eigenvalue weighted by Gasteiger charge is 2.17. The van der Waals surface area contributed by atoms with Gasteiger partial charge in [-0.2, -0.15) is 5.10 Å². The fraction of sp³-hybridized carbons (Fsp3) is 0.238.